The van der Waals surface area contributed by atoms with Gasteiger partial charge in [-0.3, -0.25) is 4.98 Å². The van der Waals surface area contributed by atoms with E-state index in [9.17, 15) is 0 Å². The van der Waals surface area contributed by atoms with Gasteiger partial charge in [-0.25, -0.2) is 0 Å². The first-order valence-electron chi connectivity index (χ1n) is 18.3. The zero-order chi connectivity index (χ0) is 35.8. The lowest BCUT2D eigenvalue weighted by Gasteiger charge is -2.28. The van der Waals surface area contributed by atoms with Gasteiger partial charge in [-0.15, -0.1) is 0 Å². The van der Waals surface area contributed by atoms with Crippen LogP contribution in [-0.4, -0.2) is 4.98 Å². The van der Waals surface area contributed by atoms with E-state index in [-0.39, 0.29) is 10.8 Å². The molecule has 3 heteroatoms. The summed E-state index contributed by atoms with van der Waals surface area (Å²) in [6.07, 6.45) is 0. The Morgan fingerprint density at radius 3 is 1.21 bits per heavy atom. The first-order valence-corrected chi connectivity index (χ1v) is 18.3. The van der Waals surface area contributed by atoms with Crippen molar-refractivity contribution in [2.24, 2.45) is 0 Å². The summed E-state index contributed by atoms with van der Waals surface area (Å²) in [6.45, 7) is 14.0. The van der Waals surface area contributed by atoms with E-state index < -0.39 is 0 Å². The Hall–Kier alpha value is -5.93. The number of aryl methyl sites for hydroxylation is 2. The Morgan fingerprint density at radius 1 is 0.404 bits per heavy atom. The van der Waals surface area contributed by atoms with Crippen molar-refractivity contribution in [3.63, 3.8) is 0 Å². The van der Waals surface area contributed by atoms with Crippen LogP contribution >= 0.6 is 0 Å². The van der Waals surface area contributed by atoms with Gasteiger partial charge in [0.25, 0.3) is 0 Å². The van der Waals surface area contributed by atoms with E-state index in [0.717, 1.165) is 45.5 Å². The summed E-state index contributed by atoms with van der Waals surface area (Å²) in [4.78, 5) is 10.4. The number of hydrogen-bond acceptors (Lipinski definition) is 3. The second kappa shape index (κ2) is 11.8. The third-order valence-corrected chi connectivity index (χ3v) is 11.4. The average Bonchev–Trinajstić information content (AvgIpc) is 3.52. The highest BCUT2D eigenvalue weighted by Gasteiger charge is 2.44. The van der Waals surface area contributed by atoms with Crippen LogP contribution < -0.4 is 9.80 Å². The quantitative estimate of drug-likeness (QED) is 0.175. The number of pyridine rings is 1. The van der Waals surface area contributed by atoms with Gasteiger partial charge >= 0.3 is 0 Å². The zero-order valence-corrected chi connectivity index (χ0v) is 30.8. The minimum Gasteiger partial charge on any atom is -0.310 e. The molecule has 52 heavy (non-hydrogen) atoms. The number of anilines is 6. The highest BCUT2D eigenvalue weighted by Crippen LogP contribution is 2.57. The molecule has 0 radical (unpaired) electrons. The molecule has 2 aliphatic carbocycles. The van der Waals surface area contributed by atoms with E-state index in [1.165, 1.54) is 44.5 Å². The van der Waals surface area contributed by atoms with E-state index >= 15 is 0 Å². The Bertz CT molecular complexity index is 2210. The molecule has 3 nitrogen and oxygen atoms in total. The lowest BCUT2D eigenvalue weighted by Crippen LogP contribution is -2.19. The summed E-state index contributed by atoms with van der Waals surface area (Å²) in [5.74, 6) is 0. The SMILES string of the molecule is Cc1cc(N(c2ccccc2)c2ccccc2)cc2c1-c1cc3c(nc1C2(C)C)-c1c(C)cc(N(c2ccccc2)c2ccccc2)cc1C3(C)C. The fourth-order valence-corrected chi connectivity index (χ4v) is 8.77. The number of aromatic nitrogens is 1. The number of para-hydroxylation sites is 4. The first kappa shape index (κ1) is 32.0. The van der Waals surface area contributed by atoms with Gasteiger partial charge in [0.15, 0.2) is 0 Å². The van der Waals surface area contributed by atoms with Crippen molar-refractivity contribution in [3.05, 3.63) is 185 Å². The van der Waals surface area contributed by atoms with E-state index in [1.54, 1.807) is 0 Å². The van der Waals surface area contributed by atoms with Gasteiger partial charge in [-0.2, -0.15) is 0 Å². The topological polar surface area (TPSA) is 19.4 Å². The standard InChI is InChI=1S/C49H43N3/c1-32-27-38(51(34-19-11-7-12-20-34)35-21-13-8-14-22-35)29-41-44(32)40-31-43-46(50-47(40)49(41,5)6)45-33(2)28-39(30-42(45)48(43,3)4)52(36-23-15-9-16-24-36)37-25-17-10-18-26-37/h7-31H,1-6H3. The first-order chi connectivity index (χ1) is 25.1. The molecule has 7 aromatic rings. The van der Waals surface area contributed by atoms with Crippen molar-refractivity contribution in [2.75, 3.05) is 9.80 Å². The molecule has 1 aromatic heterocycles. The second-order valence-corrected chi connectivity index (χ2v) is 15.4. The number of rotatable bonds is 6. The van der Waals surface area contributed by atoms with Crippen LogP contribution in [0.25, 0.3) is 22.4 Å². The van der Waals surface area contributed by atoms with E-state index in [0.29, 0.717) is 0 Å². The molecule has 0 saturated heterocycles. The Morgan fingerprint density at radius 2 is 0.788 bits per heavy atom. The third kappa shape index (κ3) is 4.83. The molecule has 0 amide bonds. The fraction of sp³-hybridized carbons (Fsp3) is 0.163. The van der Waals surface area contributed by atoms with Crippen LogP contribution in [0.15, 0.2) is 152 Å². The van der Waals surface area contributed by atoms with Crippen LogP contribution in [-0.2, 0) is 10.8 Å². The summed E-state index contributed by atoms with van der Waals surface area (Å²) in [6, 6.07) is 54.7. The molecule has 1 heterocycles. The predicted molar refractivity (Wildman–Crippen MR) is 218 cm³/mol. The zero-order valence-electron chi connectivity index (χ0n) is 30.8. The molecule has 254 valence electrons. The van der Waals surface area contributed by atoms with Crippen LogP contribution in [0.1, 0.15) is 61.2 Å². The van der Waals surface area contributed by atoms with Crippen molar-refractivity contribution in [1.82, 2.24) is 4.98 Å². The Kier molecular flexibility index (Phi) is 7.27. The van der Waals surface area contributed by atoms with Crippen molar-refractivity contribution >= 4 is 34.1 Å². The molecule has 2 aliphatic rings. The van der Waals surface area contributed by atoms with E-state index in [2.05, 4.69) is 203 Å². The number of fused-ring (bicyclic) bond motifs is 6. The normalized spacial score (nSPS) is 14.3. The predicted octanol–water partition coefficient (Wildman–Crippen LogP) is 13.3. The third-order valence-electron chi connectivity index (χ3n) is 11.4. The van der Waals surface area contributed by atoms with Gasteiger partial charge in [0.1, 0.15) is 0 Å². The molecule has 0 N–H and O–H groups in total. The van der Waals surface area contributed by atoms with Gasteiger partial charge in [-0.05, 0) is 126 Å². The van der Waals surface area contributed by atoms with E-state index in [4.69, 9.17) is 4.98 Å². The van der Waals surface area contributed by atoms with Crippen molar-refractivity contribution < 1.29 is 0 Å². The summed E-state index contributed by atoms with van der Waals surface area (Å²) < 4.78 is 0. The van der Waals surface area contributed by atoms with Gasteiger partial charge in [-0.1, -0.05) is 100 Å². The Balaban J connectivity index is 1.19. The smallest absolute Gasteiger partial charge is 0.0752 e. The minimum atomic E-state index is -0.280. The maximum absolute atomic E-state index is 5.69. The van der Waals surface area contributed by atoms with Crippen LogP contribution in [0, 0.1) is 13.8 Å². The van der Waals surface area contributed by atoms with Gasteiger partial charge < -0.3 is 9.80 Å². The van der Waals surface area contributed by atoms with Crippen LogP contribution in [0.4, 0.5) is 34.1 Å². The molecule has 0 fully saturated rings. The number of hydrogen-bond donors (Lipinski definition) is 0. The average molecular weight is 674 g/mol. The molecule has 9 rings (SSSR count). The molecule has 0 bridgehead atoms. The molecule has 6 aromatic carbocycles. The highest BCUT2D eigenvalue weighted by atomic mass is 15.1. The van der Waals surface area contributed by atoms with Gasteiger partial charge in [0.2, 0.25) is 0 Å². The lowest BCUT2D eigenvalue weighted by molar-refractivity contribution is 0.631. The monoisotopic (exact) mass is 673 g/mol. The number of benzene rings is 6. The molecular weight excluding hydrogens is 631 g/mol. The maximum Gasteiger partial charge on any atom is 0.0752 e. The maximum atomic E-state index is 5.69. The minimum absolute atomic E-state index is 0.231. The molecule has 0 atom stereocenters. The summed E-state index contributed by atoms with van der Waals surface area (Å²) in [5.41, 5.74) is 19.0. The van der Waals surface area contributed by atoms with Gasteiger partial charge in [0, 0.05) is 56.1 Å². The molecule has 0 unspecified atom stereocenters. The van der Waals surface area contributed by atoms with Crippen molar-refractivity contribution in [3.8, 4) is 22.4 Å². The lowest BCUT2D eigenvalue weighted by atomic mass is 9.81. The van der Waals surface area contributed by atoms with Crippen molar-refractivity contribution in [2.45, 2.75) is 52.4 Å². The summed E-state index contributed by atoms with van der Waals surface area (Å²) >= 11 is 0. The fourth-order valence-electron chi connectivity index (χ4n) is 8.77. The molecule has 0 saturated carbocycles. The van der Waals surface area contributed by atoms with Crippen LogP contribution in [0.5, 0.6) is 0 Å². The molecule has 0 aliphatic heterocycles. The van der Waals surface area contributed by atoms with Crippen LogP contribution in [0.2, 0.25) is 0 Å². The molecule has 0 spiro atoms. The van der Waals surface area contributed by atoms with Crippen LogP contribution in [0.3, 0.4) is 0 Å². The summed E-state index contributed by atoms with van der Waals surface area (Å²) in [7, 11) is 0. The molecular formula is C49H43N3. The second-order valence-electron chi connectivity index (χ2n) is 15.4. The van der Waals surface area contributed by atoms with E-state index in [1.807, 2.05) is 0 Å². The van der Waals surface area contributed by atoms with Crippen molar-refractivity contribution in [1.29, 1.82) is 0 Å². The van der Waals surface area contributed by atoms with Gasteiger partial charge in [0.05, 0.1) is 11.4 Å². The summed E-state index contributed by atoms with van der Waals surface area (Å²) in [5, 5.41) is 0. The Labute approximate surface area is 307 Å². The largest absolute Gasteiger partial charge is 0.310 e. The highest BCUT2D eigenvalue weighted by molar-refractivity contribution is 5.92. The number of nitrogens with zero attached hydrogens (tertiary/aromatic N) is 3.